The van der Waals surface area contributed by atoms with Crippen LogP contribution >= 0.6 is 0 Å². The number of amidine groups is 1. The van der Waals surface area contributed by atoms with E-state index in [1.807, 2.05) is 6.07 Å². The molecule has 0 radical (unpaired) electrons. The summed E-state index contributed by atoms with van der Waals surface area (Å²) in [4.78, 5) is 4.10. The molecule has 132 valence electrons. The lowest BCUT2D eigenvalue weighted by Gasteiger charge is -2.09. The molecule has 0 amide bonds. The average molecular weight is 351 g/mol. The van der Waals surface area contributed by atoms with Gasteiger partial charge >= 0.3 is 0 Å². The minimum Gasteiger partial charge on any atom is -0.497 e. The van der Waals surface area contributed by atoms with Gasteiger partial charge in [-0.1, -0.05) is 6.07 Å². The van der Waals surface area contributed by atoms with Crippen molar-refractivity contribution in [2.75, 3.05) is 19.6 Å². The van der Waals surface area contributed by atoms with E-state index in [2.05, 4.69) is 25.7 Å². The molecule has 0 bridgehead atoms. The van der Waals surface area contributed by atoms with Gasteiger partial charge in [-0.15, -0.1) is 15.3 Å². The van der Waals surface area contributed by atoms with Crippen molar-refractivity contribution in [1.82, 2.24) is 4.98 Å². The highest BCUT2D eigenvalue weighted by molar-refractivity contribution is 5.97. The van der Waals surface area contributed by atoms with Gasteiger partial charge < -0.3 is 13.9 Å². The molecule has 2 aromatic heterocycles. The number of benzene rings is 1. The molecule has 1 aromatic carbocycles. The van der Waals surface area contributed by atoms with Crippen LogP contribution in [0.2, 0.25) is 0 Å². The minimum atomic E-state index is 0.263. The highest BCUT2D eigenvalue weighted by Crippen LogP contribution is 2.29. The summed E-state index contributed by atoms with van der Waals surface area (Å²) in [6.45, 7) is 0. The number of nitrogens with zero attached hydrogens (tertiary/aromatic N) is 4. The molecule has 8 nitrogen and oxygen atoms in total. The Kier molecular flexibility index (Phi) is 5.56. The summed E-state index contributed by atoms with van der Waals surface area (Å²) < 4.78 is 15.9. The fraction of sp³-hybridized carbons (Fsp3) is 0.111. The number of nitrogens with one attached hydrogen (secondary N) is 1. The second-order valence-electron chi connectivity index (χ2n) is 4.98. The molecule has 0 saturated heterocycles. The zero-order valence-corrected chi connectivity index (χ0v) is 14.3. The first-order valence-corrected chi connectivity index (χ1v) is 7.72. The van der Waals surface area contributed by atoms with Crippen LogP contribution in [0.25, 0.3) is 0 Å². The summed E-state index contributed by atoms with van der Waals surface area (Å²) in [6.07, 6.45) is 3.17. The quantitative estimate of drug-likeness (QED) is 0.310. The van der Waals surface area contributed by atoms with Crippen molar-refractivity contribution in [1.29, 1.82) is 0 Å². The van der Waals surface area contributed by atoms with Crippen LogP contribution in [-0.2, 0) is 0 Å². The second-order valence-corrected chi connectivity index (χ2v) is 4.98. The maximum atomic E-state index is 5.37. The number of methoxy groups -OCH3 is 2. The molecule has 0 aliphatic rings. The number of azo groups is 1. The van der Waals surface area contributed by atoms with Crippen molar-refractivity contribution >= 4 is 17.3 Å². The maximum Gasteiger partial charge on any atom is 0.236 e. The van der Waals surface area contributed by atoms with Gasteiger partial charge in [0.2, 0.25) is 5.84 Å². The monoisotopic (exact) mass is 351 g/mol. The largest absolute Gasteiger partial charge is 0.497 e. The van der Waals surface area contributed by atoms with E-state index in [-0.39, 0.29) is 5.84 Å². The Labute approximate surface area is 150 Å². The molecule has 0 atom stereocenters. The van der Waals surface area contributed by atoms with Gasteiger partial charge in [0.05, 0.1) is 26.2 Å². The first-order valence-electron chi connectivity index (χ1n) is 7.72. The summed E-state index contributed by atoms with van der Waals surface area (Å²) >= 11 is 0. The number of hydrogen-bond donors (Lipinski definition) is 1. The van der Waals surface area contributed by atoms with Crippen molar-refractivity contribution in [3.05, 3.63) is 66.8 Å². The van der Waals surface area contributed by atoms with Crippen LogP contribution in [0.15, 0.2) is 80.7 Å². The van der Waals surface area contributed by atoms with Gasteiger partial charge in [0.1, 0.15) is 11.5 Å². The molecule has 0 saturated carbocycles. The Morgan fingerprint density at radius 2 is 2.00 bits per heavy atom. The second kappa shape index (κ2) is 8.43. The third-order valence-electron chi connectivity index (χ3n) is 3.33. The predicted molar refractivity (Wildman–Crippen MR) is 97.2 cm³/mol. The van der Waals surface area contributed by atoms with Crippen LogP contribution in [0.1, 0.15) is 5.76 Å². The van der Waals surface area contributed by atoms with Crippen LogP contribution in [0, 0.1) is 0 Å². The number of ether oxygens (including phenoxy) is 2. The normalized spacial score (nSPS) is 11.5. The van der Waals surface area contributed by atoms with Gasteiger partial charge in [-0.25, -0.2) is 4.98 Å². The first kappa shape index (κ1) is 17.2. The minimum absolute atomic E-state index is 0.263. The third-order valence-corrected chi connectivity index (χ3v) is 3.33. The highest BCUT2D eigenvalue weighted by Gasteiger charge is 2.08. The lowest BCUT2D eigenvalue weighted by Crippen LogP contribution is -2.01. The standard InChI is InChI=1S/C18H17N5O3/c1-24-13-8-9-14(16(12-13)25-2)20-22-18(15-6-5-11-26-15)23-21-17-7-3-4-10-19-17/h3-12,20H,1-2H3. The van der Waals surface area contributed by atoms with Crippen LogP contribution in [0.3, 0.4) is 0 Å². The number of furan rings is 1. The van der Waals surface area contributed by atoms with Crippen LogP contribution in [0.5, 0.6) is 11.5 Å². The molecular weight excluding hydrogens is 334 g/mol. The number of pyridine rings is 1. The molecular formula is C18H17N5O3. The van der Waals surface area contributed by atoms with Crippen molar-refractivity contribution in [2.24, 2.45) is 15.3 Å². The molecule has 3 aromatic rings. The fourth-order valence-electron chi connectivity index (χ4n) is 2.05. The van der Waals surface area contributed by atoms with E-state index < -0.39 is 0 Å². The van der Waals surface area contributed by atoms with E-state index in [1.54, 1.807) is 62.9 Å². The average Bonchev–Trinajstić information content (AvgIpc) is 3.23. The van der Waals surface area contributed by atoms with Gasteiger partial charge in [-0.2, -0.15) is 0 Å². The molecule has 0 spiro atoms. The van der Waals surface area contributed by atoms with Crippen molar-refractivity contribution in [3.8, 4) is 11.5 Å². The van der Waals surface area contributed by atoms with E-state index in [9.17, 15) is 0 Å². The Bertz CT molecular complexity index is 892. The smallest absolute Gasteiger partial charge is 0.236 e. The maximum absolute atomic E-state index is 5.37. The number of aromatic nitrogens is 1. The molecule has 0 aliphatic carbocycles. The molecule has 8 heteroatoms. The number of hydrogen-bond acceptors (Lipinski definition) is 7. The first-order chi connectivity index (χ1) is 12.8. The SMILES string of the molecule is COc1ccc(NN=C(N=Nc2ccccn2)c2ccco2)c(OC)c1. The zero-order valence-electron chi connectivity index (χ0n) is 14.3. The molecule has 1 N–H and O–H groups in total. The molecule has 0 unspecified atom stereocenters. The van der Waals surface area contributed by atoms with E-state index >= 15 is 0 Å². The number of rotatable bonds is 6. The Morgan fingerprint density at radius 1 is 1.08 bits per heavy atom. The van der Waals surface area contributed by atoms with Crippen LogP contribution < -0.4 is 14.9 Å². The van der Waals surface area contributed by atoms with Gasteiger partial charge in [0.15, 0.2) is 11.6 Å². The zero-order chi connectivity index (χ0) is 18.2. The summed E-state index contributed by atoms with van der Waals surface area (Å²) in [5, 5.41) is 12.5. The van der Waals surface area contributed by atoms with E-state index in [1.165, 1.54) is 6.26 Å². The van der Waals surface area contributed by atoms with Crippen molar-refractivity contribution in [2.45, 2.75) is 0 Å². The van der Waals surface area contributed by atoms with Crippen LogP contribution in [0.4, 0.5) is 11.5 Å². The van der Waals surface area contributed by atoms with Crippen molar-refractivity contribution < 1.29 is 13.9 Å². The molecule has 26 heavy (non-hydrogen) atoms. The number of hydrazone groups is 1. The lowest BCUT2D eigenvalue weighted by atomic mass is 10.3. The predicted octanol–water partition coefficient (Wildman–Crippen LogP) is 4.25. The summed E-state index contributed by atoms with van der Waals surface area (Å²) in [6, 6.07) is 14.2. The summed E-state index contributed by atoms with van der Waals surface area (Å²) in [5.41, 5.74) is 3.56. The third kappa shape index (κ3) is 4.23. The van der Waals surface area contributed by atoms with Gasteiger partial charge in [0.25, 0.3) is 0 Å². The Morgan fingerprint density at radius 3 is 2.69 bits per heavy atom. The summed E-state index contributed by atoms with van der Waals surface area (Å²) in [7, 11) is 3.16. The van der Waals surface area contributed by atoms with Crippen molar-refractivity contribution in [3.63, 3.8) is 0 Å². The molecule has 0 fully saturated rings. The van der Waals surface area contributed by atoms with E-state index in [0.29, 0.717) is 28.8 Å². The Balaban J connectivity index is 1.87. The van der Waals surface area contributed by atoms with E-state index in [4.69, 9.17) is 13.9 Å². The number of anilines is 1. The topological polar surface area (TPSA) is 93.6 Å². The van der Waals surface area contributed by atoms with Crippen LogP contribution in [-0.4, -0.2) is 25.0 Å². The molecule has 2 heterocycles. The van der Waals surface area contributed by atoms with Gasteiger partial charge in [-0.3, -0.25) is 5.43 Å². The van der Waals surface area contributed by atoms with Gasteiger partial charge in [0, 0.05) is 12.3 Å². The molecule has 0 aliphatic heterocycles. The fourth-order valence-corrected chi connectivity index (χ4v) is 2.05. The van der Waals surface area contributed by atoms with E-state index in [0.717, 1.165) is 0 Å². The Hall–Kier alpha value is -3.68. The highest BCUT2D eigenvalue weighted by atomic mass is 16.5. The van der Waals surface area contributed by atoms with Gasteiger partial charge in [-0.05, 0) is 36.4 Å². The molecule has 3 rings (SSSR count). The lowest BCUT2D eigenvalue weighted by molar-refractivity contribution is 0.395. The summed E-state index contributed by atoms with van der Waals surface area (Å²) in [5.74, 6) is 2.45.